The van der Waals surface area contributed by atoms with Crippen LogP contribution in [0.1, 0.15) is 23.7 Å². The molecule has 0 saturated heterocycles. The number of hydrogen-bond acceptors (Lipinski definition) is 2. The van der Waals surface area contributed by atoms with Crippen molar-refractivity contribution in [2.45, 2.75) is 19.4 Å². The maximum Gasteiger partial charge on any atom is 0.255 e. The van der Waals surface area contributed by atoms with Gasteiger partial charge in [-0.2, -0.15) is 0 Å². The normalized spacial score (nSPS) is 12.2. The van der Waals surface area contributed by atoms with Gasteiger partial charge in [0.25, 0.3) is 5.91 Å². The number of carbonyl (C=O) groups is 1. The number of aromatic hydroxyl groups is 1. The summed E-state index contributed by atoms with van der Waals surface area (Å²) in [4.78, 5) is 11.7. The minimum atomic E-state index is -0.568. The number of carbonyl (C=O) groups excluding carboxylic acids is 1. The lowest BCUT2D eigenvalue weighted by molar-refractivity contribution is 0.0937. The minimum Gasteiger partial charge on any atom is -0.507 e. The third-order valence-corrected chi connectivity index (χ3v) is 3.00. The Hall–Kier alpha value is -1.10. The average molecular weight is 290 g/mol. The summed E-state index contributed by atoms with van der Waals surface area (Å²) in [5.41, 5.74) is 0.0841. The monoisotopic (exact) mass is 289 g/mol. The van der Waals surface area contributed by atoms with Crippen molar-refractivity contribution in [2.24, 2.45) is 0 Å². The summed E-state index contributed by atoms with van der Waals surface area (Å²) < 4.78 is 12.7. The van der Waals surface area contributed by atoms with E-state index in [1.807, 2.05) is 6.92 Å². The van der Waals surface area contributed by atoms with Crippen LogP contribution in [0.4, 0.5) is 4.39 Å². The highest BCUT2D eigenvalue weighted by molar-refractivity contribution is 9.09. The predicted molar refractivity (Wildman–Crippen MR) is 63.4 cm³/mol. The second-order valence-corrected chi connectivity index (χ2v) is 4.04. The molecule has 0 aromatic heterocycles. The quantitative estimate of drug-likeness (QED) is 0.837. The number of phenols is 1. The van der Waals surface area contributed by atoms with Crippen LogP contribution >= 0.6 is 15.9 Å². The number of benzene rings is 1. The number of hydrogen-bond donors (Lipinski definition) is 2. The lowest BCUT2D eigenvalue weighted by Gasteiger charge is -2.14. The van der Waals surface area contributed by atoms with E-state index in [0.717, 1.165) is 18.6 Å². The van der Waals surface area contributed by atoms with Crippen molar-refractivity contribution in [1.29, 1.82) is 0 Å². The zero-order valence-electron chi connectivity index (χ0n) is 8.84. The van der Waals surface area contributed by atoms with Crippen molar-refractivity contribution < 1.29 is 14.3 Å². The fourth-order valence-corrected chi connectivity index (χ4v) is 1.83. The summed E-state index contributed by atoms with van der Waals surface area (Å²) >= 11 is 3.27. The number of nitrogens with one attached hydrogen (secondary N) is 1. The molecule has 0 radical (unpaired) electrons. The molecule has 0 bridgehead atoms. The molecule has 0 aliphatic carbocycles. The van der Waals surface area contributed by atoms with Gasteiger partial charge in [0.05, 0.1) is 5.56 Å². The Bertz CT molecular complexity index is 380. The zero-order chi connectivity index (χ0) is 12.1. The Kier molecular flexibility index (Phi) is 4.73. The Balaban J connectivity index is 2.80. The first-order valence-electron chi connectivity index (χ1n) is 4.93. The van der Waals surface area contributed by atoms with E-state index in [1.165, 1.54) is 6.07 Å². The van der Waals surface area contributed by atoms with E-state index in [-0.39, 0.29) is 17.4 Å². The van der Waals surface area contributed by atoms with Crippen LogP contribution in [0.2, 0.25) is 0 Å². The first-order valence-corrected chi connectivity index (χ1v) is 6.06. The van der Waals surface area contributed by atoms with Crippen molar-refractivity contribution >= 4 is 21.8 Å². The molecule has 1 rings (SSSR count). The highest BCUT2D eigenvalue weighted by Gasteiger charge is 2.14. The van der Waals surface area contributed by atoms with Crippen LogP contribution in [0.3, 0.4) is 0 Å². The van der Waals surface area contributed by atoms with E-state index >= 15 is 0 Å². The van der Waals surface area contributed by atoms with E-state index in [2.05, 4.69) is 21.2 Å². The molecular formula is C11H13BrFNO2. The van der Waals surface area contributed by atoms with Crippen LogP contribution in [-0.4, -0.2) is 22.4 Å². The Morgan fingerprint density at radius 3 is 2.81 bits per heavy atom. The molecule has 1 atom stereocenters. The van der Waals surface area contributed by atoms with Crippen LogP contribution in [0.5, 0.6) is 5.75 Å². The number of alkyl halides is 1. The van der Waals surface area contributed by atoms with Crippen molar-refractivity contribution in [3.05, 3.63) is 29.6 Å². The van der Waals surface area contributed by atoms with Gasteiger partial charge in [0.2, 0.25) is 0 Å². The standard InChI is InChI=1S/C11H13BrFNO2/c1-2-8(6-12)14-11(16)9-4-3-7(13)5-10(9)15/h3-5,8,15H,2,6H2,1H3,(H,14,16). The number of amides is 1. The zero-order valence-corrected chi connectivity index (χ0v) is 10.4. The molecule has 0 aliphatic rings. The van der Waals surface area contributed by atoms with E-state index < -0.39 is 11.7 Å². The SMILES string of the molecule is CCC(CBr)NC(=O)c1ccc(F)cc1O. The lowest BCUT2D eigenvalue weighted by Crippen LogP contribution is -2.35. The third kappa shape index (κ3) is 3.20. The van der Waals surface area contributed by atoms with Gasteiger partial charge in [0.15, 0.2) is 0 Å². The molecule has 16 heavy (non-hydrogen) atoms. The van der Waals surface area contributed by atoms with Crippen molar-refractivity contribution in [3.63, 3.8) is 0 Å². The van der Waals surface area contributed by atoms with Gasteiger partial charge in [0.1, 0.15) is 11.6 Å². The molecule has 1 unspecified atom stereocenters. The predicted octanol–water partition coefficient (Wildman–Crippen LogP) is 2.43. The average Bonchev–Trinajstić information content (AvgIpc) is 2.25. The van der Waals surface area contributed by atoms with Crippen molar-refractivity contribution in [3.8, 4) is 5.75 Å². The fourth-order valence-electron chi connectivity index (χ4n) is 1.21. The summed E-state index contributed by atoms with van der Waals surface area (Å²) in [6.45, 7) is 1.94. The third-order valence-electron chi connectivity index (χ3n) is 2.22. The van der Waals surface area contributed by atoms with Gasteiger partial charge in [-0.15, -0.1) is 0 Å². The Morgan fingerprint density at radius 2 is 2.31 bits per heavy atom. The van der Waals surface area contributed by atoms with Gasteiger partial charge >= 0.3 is 0 Å². The Morgan fingerprint density at radius 1 is 1.62 bits per heavy atom. The molecule has 0 fully saturated rings. The van der Waals surface area contributed by atoms with Gasteiger partial charge in [-0.05, 0) is 18.6 Å². The van der Waals surface area contributed by atoms with E-state index in [0.29, 0.717) is 5.33 Å². The van der Waals surface area contributed by atoms with Crippen LogP contribution in [0.25, 0.3) is 0 Å². The highest BCUT2D eigenvalue weighted by atomic mass is 79.9. The van der Waals surface area contributed by atoms with Gasteiger partial charge in [-0.3, -0.25) is 4.79 Å². The topological polar surface area (TPSA) is 49.3 Å². The maximum atomic E-state index is 12.7. The molecule has 1 aromatic rings. The summed E-state index contributed by atoms with van der Waals surface area (Å²) in [5, 5.41) is 12.8. The first kappa shape index (κ1) is 13.0. The highest BCUT2D eigenvalue weighted by Crippen LogP contribution is 2.18. The molecule has 1 amide bonds. The molecule has 0 spiro atoms. The minimum absolute atomic E-state index is 0.00282. The first-order chi connectivity index (χ1) is 7.58. The molecule has 0 heterocycles. The molecule has 5 heteroatoms. The largest absolute Gasteiger partial charge is 0.507 e. The van der Waals surface area contributed by atoms with Crippen LogP contribution in [0, 0.1) is 5.82 Å². The van der Waals surface area contributed by atoms with Gasteiger partial charge in [-0.1, -0.05) is 22.9 Å². The number of rotatable bonds is 4. The molecular weight excluding hydrogens is 277 g/mol. The van der Waals surface area contributed by atoms with Crippen molar-refractivity contribution in [2.75, 3.05) is 5.33 Å². The van der Waals surface area contributed by atoms with Gasteiger partial charge < -0.3 is 10.4 Å². The number of halogens is 2. The van der Waals surface area contributed by atoms with Crippen molar-refractivity contribution in [1.82, 2.24) is 5.32 Å². The van der Waals surface area contributed by atoms with Gasteiger partial charge in [-0.25, -0.2) is 4.39 Å². The summed E-state index contributed by atoms with van der Waals surface area (Å²) in [6, 6.07) is 3.33. The van der Waals surface area contributed by atoms with Crippen LogP contribution in [0.15, 0.2) is 18.2 Å². The fraction of sp³-hybridized carbons (Fsp3) is 0.364. The van der Waals surface area contributed by atoms with Crippen LogP contribution in [-0.2, 0) is 0 Å². The van der Waals surface area contributed by atoms with E-state index in [9.17, 15) is 14.3 Å². The maximum absolute atomic E-state index is 12.7. The molecule has 88 valence electrons. The lowest BCUT2D eigenvalue weighted by atomic mass is 10.1. The second kappa shape index (κ2) is 5.84. The molecule has 1 aromatic carbocycles. The number of phenolic OH excluding ortho intramolecular Hbond substituents is 1. The van der Waals surface area contributed by atoms with E-state index in [1.54, 1.807) is 0 Å². The van der Waals surface area contributed by atoms with Gasteiger partial charge in [0, 0.05) is 17.4 Å². The molecule has 3 nitrogen and oxygen atoms in total. The molecule has 0 aliphatic heterocycles. The summed E-state index contributed by atoms with van der Waals surface area (Å²) in [6.07, 6.45) is 0.777. The summed E-state index contributed by atoms with van der Waals surface area (Å²) in [7, 11) is 0. The smallest absolute Gasteiger partial charge is 0.255 e. The second-order valence-electron chi connectivity index (χ2n) is 3.39. The van der Waals surface area contributed by atoms with Crippen LogP contribution < -0.4 is 5.32 Å². The molecule has 2 N–H and O–H groups in total. The summed E-state index contributed by atoms with van der Waals surface area (Å²) in [5.74, 6) is -1.31. The molecule has 0 saturated carbocycles. The Labute approximate surface area is 102 Å². The van der Waals surface area contributed by atoms with E-state index in [4.69, 9.17) is 0 Å².